The van der Waals surface area contributed by atoms with E-state index in [1.54, 1.807) is 35.9 Å². The van der Waals surface area contributed by atoms with E-state index in [9.17, 15) is 8.78 Å². The molecule has 4 rings (SSSR count). The zero-order valence-electron chi connectivity index (χ0n) is 13.9. The molecule has 3 aromatic heterocycles. The number of hydrogen-bond donors (Lipinski definition) is 0. The molecule has 0 N–H and O–H groups in total. The van der Waals surface area contributed by atoms with E-state index in [4.69, 9.17) is 0 Å². The fourth-order valence-corrected chi connectivity index (χ4v) is 1.89. The van der Waals surface area contributed by atoms with Gasteiger partial charge >= 0.3 is 20.1 Å². The third kappa shape index (κ3) is 5.57. The van der Waals surface area contributed by atoms with Gasteiger partial charge in [-0.3, -0.25) is 15.0 Å². The van der Waals surface area contributed by atoms with Crippen LogP contribution < -0.4 is 5.01 Å². The van der Waals surface area contributed by atoms with Gasteiger partial charge in [0.2, 0.25) is 0 Å². The summed E-state index contributed by atoms with van der Waals surface area (Å²) in [5.41, 5.74) is 0.810. The summed E-state index contributed by atoms with van der Waals surface area (Å²) >= 11 is 0. The van der Waals surface area contributed by atoms with Crippen LogP contribution in [0.2, 0.25) is 0 Å². The molecule has 0 saturated heterocycles. The van der Waals surface area contributed by atoms with E-state index in [0.717, 1.165) is 11.8 Å². The summed E-state index contributed by atoms with van der Waals surface area (Å²) < 4.78 is 25.5. The Kier molecular flexibility index (Phi) is 7.39. The van der Waals surface area contributed by atoms with Gasteiger partial charge in [-0.2, -0.15) is 17.2 Å². The van der Waals surface area contributed by atoms with Crippen LogP contribution in [-0.2, 0) is 20.1 Å². The molecule has 0 atom stereocenters. The summed E-state index contributed by atoms with van der Waals surface area (Å²) in [6.07, 6.45) is 8.04. The van der Waals surface area contributed by atoms with Gasteiger partial charge in [0.05, 0.1) is 12.2 Å². The molecule has 10 heteroatoms. The quantitative estimate of drug-likeness (QED) is 0.365. The minimum absolute atomic E-state index is 0. The van der Waals surface area contributed by atoms with Crippen LogP contribution in [0.25, 0.3) is 11.4 Å². The van der Waals surface area contributed by atoms with Crippen LogP contribution >= 0.6 is 0 Å². The van der Waals surface area contributed by atoms with Crippen LogP contribution in [0.15, 0.2) is 48.1 Å². The molecule has 0 radical (unpaired) electrons. The normalized spacial score (nSPS) is 12.3. The van der Waals surface area contributed by atoms with Crippen molar-refractivity contribution < 1.29 is 28.9 Å². The molecule has 0 aliphatic carbocycles. The van der Waals surface area contributed by atoms with E-state index < -0.39 is 11.9 Å². The molecule has 27 heavy (non-hydrogen) atoms. The number of aromatic nitrogens is 4. The molecule has 0 saturated carbocycles. The van der Waals surface area contributed by atoms with Crippen molar-refractivity contribution in [1.82, 2.24) is 24.8 Å². The number of anilines is 1. The largest absolute Gasteiger partial charge is 3.00 e. The predicted octanol–water partition coefficient (Wildman–Crippen LogP) is 2.31. The minimum Gasteiger partial charge on any atom is -0.493 e. The van der Waals surface area contributed by atoms with Gasteiger partial charge in [0.1, 0.15) is 11.9 Å². The molecule has 7 nitrogen and oxygen atoms in total. The maximum atomic E-state index is 13.1. The minimum atomic E-state index is -0.962. The first-order valence-corrected chi connectivity index (χ1v) is 7.36. The molecule has 1 aliphatic heterocycles. The van der Waals surface area contributed by atoms with E-state index in [0.29, 0.717) is 0 Å². The van der Waals surface area contributed by atoms with Crippen LogP contribution in [0, 0.1) is 30.7 Å². The third-order valence-electron chi connectivity index (χ3n) is 3.02. The van der Waals surface area contributed by atoms with E-state index >= 15 is 0 Å². The number of nitrogens with zero attached hydrogens (tertiary/aromatic N) is 7. The van der Waals surface area contributed by atoms with Crippen molar-refractivity contribution in [3.8, 4) is 11.4 Å². The molecule has 3 aromatic rings. The summed E-state index contributed by atoms with van der Waals surface area (Å²) in [5, 5.41) is 5.81. The number of rotatable bonds is 2. The number of pyridine rings is 2. The first-order valence-electron chi connectivity index (χ1n) is 7.36. The molecular weight excluding hydrogens is 532 g/mol. The van der Waals surface area contributed by atoms with Crippen molar-refractivity contribution in [3.63, 3.8) is 0 Å². The summed E-state index contributed by atoms with van der Waals surface area (Å²) in [6, 6.07) is 9.70. The molecule has 0 bridgehead atoms. The van der Waals surface area contributed by atoms with Crippen LogP contribution in [-0.4, -0.2) is 38.2 Å². The van der Waals surface area contributed by atoms with Gasteiger partial charge in [-0.05, 0) is 13.1 Å². The van der Waals surface area contributed by atoms with E-state index in [2.05, 4.69) is 37.2 Å². The van der Waals surface area contributed by atoms with Gasteiger partial charge in [0, 0.05) is 12.4 Å². The van der Waals surface area contributed by atoms with Crippen molar-refractivity contribution in [2.45, 2.75) is 0 Å². The molecule has 0 aromatic carbocycles. The topological polar surface area (TPSA) is 70.4 Å². The van der Waals surface area contributed by atoms with Crippen molar-refractivity contribution in [1.29, 1.82) is 0 Å². The van der Waals surface area contributed by atoms with Crippen molar-refractivity contribution >= 4 is 12.0 Å². The summed E-state index contributed by atoms with van der Waals surface area (Å²) in [4.78, 5) is 16.4. The Morgan fingerprint density at radius 2 is 1.89 bits per heavy atom. The molecule has 0 spiro atoms. The second-order valence-corrected chi connectivity index (χ2v) is 4.94. The first-order chi connectivity index (χ1) is 12.6. The van der Waals surface area contributed by atoms with Gasteiger partial charge < -0.3 is 14.9 Å². The Labute approximate surface area is 168 Å². The van der Waals surface area contributed by atoms with Gasteiger partial charge in [0.15, 0.2) is 0 Å². The SMILES string of the molecule is CN1C=NN(c2[c-]ccnc2)[CH-]1.Fc1c[c-]c(-c2ncccn2)c(F)n1.[Ir+3]. The van der Waals surface area contributed by atoms with E-state index in [1.165, 1.54) is 12.4 Å². The Bertz CT molecular complexity index is 881. The summed E-state index contributed by atoms with van der Waals surface area (Å²) in [6.45, 7) is 1.85. The van der Waals surface area contributed by atoms with Gasteiger partial charge in [0.25, 0.3) is 0 Å². The maximum absolute atomic E-state index is 13.1. The molecule has 138 valence electrons. The molecule has 1 aliphatic rings. The second kappa shape index (κ2) is 9.75. The van der Waals surface area contributed by atoms with E-state index in [1.807, 2.05) is 18.6 Å². The fourth-order valence-electron chi connectivity index (χ4n) is 1.89. The molecule has 0 fully saturated rings. The third-order valence-corrected chi connectivity index (χ3v) is 3.02. The Morgan fingerprint density at radius 1 is 1.11 bits per heavy atom. The Morgan fingerprint density at radius 3 is 2.48 bits per heavy atom. The molecule has 0 unspecified atom stereocenters. The zero-order chi connectivity index (χ0) is 18.4. The second-order valence-electron chi connectivity index (χ2n) is 4.94. The first kappa shape index (κ1) is 20.5. The maximum Gasteiger partial charge on any atom is 3.00 e. The van der Waals surface area contributed by atoms with Crippen LogP contribution in [0.4, 0.5) is 14.5 Å². The molecular formula is C17H12F2IrN7. The average molecular weight is 545 g/mol. The van der Waals surface area contributed by atoms with Gasteiger partial charge in [-0.25, -0.2) is 8.78 Å². The van der Waals surface area contributed by atoms with Gasteiger partial charge in [-0.15, -0.1) is 12.7 Å². The van der Waals surface area contributed by atoms with Gasteiger partial charge in [-0.1, -0.05) is 29.7 Å². The number of hydrazone groups is 1. The Balaban J connectivity index is 0.000000189. The van der Waals surface area contributed by atoms with Crippen molar-refractivity contribution in [3.05, 3.63) is 73.7 Å². The standard InChI is InChI=1S/C9H4F2N3.C8H8N4.Ir/c10-7-3-2-6(8(11)14-7)9-12-4-1-5-13-9;1-11-6-10-12(7-11)8-3-2-4-9-5-8;/h1,3-5H;2,4-7H,1H3;/q-1;-2;+3. The smallest absolute Gasteiger partial charge is 0.493 e. The van der Waals surface area contributed by atoms with Crippen molar-refractivity contribution in [2.75, 3.05) is 12.1 Å². The molecule has 4 heterocycles. The number of halogens is 2. The number of hydrogen-bond acceptors (Lipinski definition) is 7. The van der Waals surface area contributed by atoms with Crippen LogP contribution in [0.3, 0.4) is 0 Å². The van der Waals surface area contributed by atoms with E-state index in [-0.39, 0.29) is 31.5 Å². The summed E-state index contributed by atoms with van der Waals surface area (Å²) in [7, 11) is 1.92. The average Bonchev–Trinajstić information content (AvgIpc) is 3.10. The Hall–Kier alpha value is -2.84. The fraction of sp³-hybridized carbons (Fsp3) is 0.0588. The van der Waals surface area contributed by atoms with Crippen LogP contribution in [0.5, 0.6) is 0 Å². The monoisotopic (exact) mass is 545 g/mol. The van der Waals surface area contributed by atoms with Crippen LogP contribution in [0.1, 0.15) is 0 Å². The molecule has 0 amide bonds. The summed E-state index contributed by atoms with van der Waals surface area (Å²) in [5.74, 6) is -1.74. The zero-order valence-corrected chi connectivity index (χ0v) is 16.3. The van der Waals surface area contributed by atoms with Crippen molar-refractivity contribution in [2.24, 2.45) is 5.10 Å². The predicted molar refractivity (Wildman–Crippen MR) is 90.1 cm³/mol.